The van der Waals surface area contributed by atoms with Gasteiger partial charge in [0.05, 0.1) is 10.2 Å². The van der Waals surface area contributed by atoms with Crippen molar-refractivity contribution < 1.29 is 18.3 Å². The highest BCUT2D eigenvalue weighted by atomic mass is 32.1. The molecule has 0 bridgehead atoms. The molecular formula is C15H14F2N4O2S. The number of halogens is 2. The van der Waals surface area contributed by atoms with E-state index in [-0.39, 0.29) is 11.7 Å². The van der Waals surface area contributed by atoms with Gasteiger partial charge in [0.15, 0.2) is 5.13 Å². The SMILES string of the molecule is Cc1ccnn1C(C)C(=O)Nc1nc2ccc(OC(F)F)cc2s1. The van der Waals surface area contributed by atoms with E-state index in [4.69, 9.17) is 0 Å². The van der Waals surface area contributed by atoms with Crippen molar-refractivity contribution in [2.75, 3.05) is 5.32 Å². The number of fused-ring (bicyclic) bond motifs is 1. The summed E-state index contributed by atoms with van der Waals surface area (Å²) in [5, 5.41) is 7.23. The van der Waals surface area contributed by atoms with Crippen LogP contribution in [0.15, 0.2) is 30.5 Å². The first-order valence-corrected chi connectivity index (χ1v) is 7.92. The van der Waals surface area contributed by atoms with Crippen molar-refractivity contribution in [2.45, 2.75) is 26.5 Å². The van der Waals surface area contributed by atoms with Gasteiger partial charge in [-0.1, -0.05) is 11.3 Å². The number of benzene rings is 1. The minimum atomic E-state index is -2.88. The molecule has 1 unspecified atom stereocenters. The lowest BCUT2D eigenvalue weighted by Gasteiger charge is -2.12. The van der Waals surface area contributed by atoms with Crippen LogP contribution in [-0.2, 0) is 4.79 Å². The Balaban J connectivity index is 1.77. The van der Waals surface area contributed by atoms with E-state index in [0.29, 0.717) is 15.3 Å². The highest BCUT2D eigenvalue weighted by Crippen LogP contribution is 2.30. The summed E-state index contributed by atoms with van der Waals surface area (Å²) >= 11 is 1.19. The number of nitrogens with zero attached hydrogens (tertiary/aromatic N) is 3. The number of aromatic nitrogens is 3. The van der Waals surface area contributed by atoms with E-state index in [0.717, 1.165) is 5.69 Å². The number of amides is 1. The summed E-state index contributed by atoms with van der Waals surface area (Å²) in [4.78, 5) is 16.6. The van der Waals surface area contributed by atoms with Crippen molar-refractivity contribution in [3.05, 3.63) is 36.2 Å². The molecule has 0 aliphatic carbocycles. The number of carbonyl (C=O) groups excluding carboxylic acids is 1. The number of carbonyl (C=O) groups is 1. The van der Waals surface area contributed by atoms with Crippen LogP contribution in [-0.4, -0.2) is 27.3 Å². The van der Waals surface area contributed by atoms with Gasteiger partial charge in [0.1, 0.15) is 11.8 Å². The number of anilines is 1. The maximum Gasteiger partial charge on any atom is 0.387 e. The van der Waals surface area contributed by atoms with E-state index in [1.807, 2.05) is 13.0 Å². The van der Waals surface area contributed by atoms with Crippen molar-refractivity contribution in [3.63, 3.8) is 0 Å². The zero-order chi connectivity index (χ0) is 17.3. The topological polar surface area (TPSA) is 69.0 Å². The van der Waals surface area contributed by atoms with Crippen molar-refractivity contribution in [2.24, 2.45) is 0 Å². The molecule has 9 heteroatoms. The summed E-state index contributed by atoms with van der Waals surface area (Å²) in [6.07, 6.45) is 1.63. The number of rotatable bonds is 5. The van der Waals surface area contributed by atoms with Gasteiger partial charge in [0.25, 0.3) is 5.91 Å². The lowest BCUT2D eigenvalue weighted by atomic mass is 10.3. The first kappa shape index (κ1) is 16.3. The third kappa shape index (κ3) is 3.35. The molecule has 3 rings (SSSR count). The molecule has 1 atom stereocenters. The van der Waals surface area contributed by atoms with Gasteiger partial charge in [-0.3, -0.25) is 9.48 Å². The summed E-state index contributed by atoms with van der Waals surface area (Å²) in [6, 6.07) is 5.77. The highest BCUT2D eigenvalue weighted by molar-refractivity contribution is 7.22. The first-order chi connectivity index (χ1) is 11.4. The molecule has 3 aromatic rings. The van der Waals surface area contributed by atoms with Crippen LogP contribution in [0.3, 0.4) is 0 Å². The summed E-state index contributed by atoms with van der Waals surface area (Å²) in [5.74, 6) is -0.204. The van der Waals surface area contributed by atoms with Crippen LogP contribution in [0, 0.1) is 6.92 Å². The number of hydrogen-bond donors (Lipinski definition) is 1. The summed E-state index contributed by atoms with van der Waals surface area (Å²) in [6.45, 7) is 0.712. The van der Waals surface area contributed by atoms with Gasteiger partial charge in [-0.25, -0.2) is 4.98 Å². The molecule has 0 saturated heterocycles. The number of hydrogen-bond acceptors (Lipinski definition) is 5. The average molecular weight is 352 g/mol. The molecular weight excluding hydrogens is 338 g/mol. The summed E-state index contributed by atoms with van der Waals surface area (Å²) < 4.78 is 31.1. The quantitative estimate of drug-likeness (QED) is 0.762. The van der Waals surface area contributed by atoms with Gasteiger partial charge in [0.2, 0.25) is 0 Å². The van der Waals surface area contributed by atoms with Crippen molar-refractivity contribution in [1.29, 1.82) is 0 Å². The Labute approximate surface area is 140 Å². The second kappa shape index (κ2) is 6.52. The maximum atomic E-state index is 12.3. The van der Waals surface area contributed by atoms with Gasteiger partial charge in [0, 0.05) is 11.9 Å². The van der Waals surface area contributed by atoms with Crippen LogP contribution in [0.25, 0.3) is 10.2 Å². The number of aryl methyl sites for hydroxylation is 1. The number of thiazole rings is 1. The second-order valence-electron chi connectivity index (χ2n) is 5.11. The molecule has 1 aromatic carbocycles. The average Bonchev–Trinajstić information content (AvgIpc) is 3.10. The van der Waals surface area contributed by atoms with Crippen LogP contribution < -0.4 is 10.1 Å². The lowest BCUT2D eigenvalue weighted by Crippen LogP contribution is -2.25. The number of ether oxygens (including phenoxy) is 1. The van der Waals surface area contributed by atoms with Crippen molar-refractivity contribution in [1.82, 2.24) is 14.8 Å². The predicted octanol–water partition coefficient (Wildman–Crippen LogP) is 3.60. The third-order valence-corrected chi connectivity index (χ3v) is 4.36. The molecule has 0 aliphatic heterocycles. The van der Waals surface area contributed by atoms with Crippen LogP contribution in [0.5, 0.6) is 5.75 Å². The van der Waals surface area contributed by atoms with E-state index in [9.17, 15) is 13.6 Å². The number of alkyl halides is 2. The molecule has 2 aromatic heterocycles. The van der Waals surface area contributed by atoms with E-state index in [1.54, 1.807) is 23.9 Å². The summed E-state index contributed by atoms with van der Waals surface area (Å²) in [5.41, 5.74) is 1.47. The Morgan fingerprint density at radius 1 is 1.38 bits per heavy atom. The Bertz CT molecular complexity index is 877. The van der Waals surface area contributed by atoms with E-state index in [1.165, 1.54) is 23.5 Å². The van der Waals surface area contributed by atoms with E-state index >= 15 is 0 Å². The molecule has 1 N–H and O–H groups in total. The highest BCUT2D eigenvalue weighted by Gasteiger charge is 2.18. The van der Waals surface area contributed by atoms with Gasteiger partial charge >= 0.3 is 6.61 Å². The van der Waals surface area contributed by atoms with Crippen molar-refractivity contribution in [3.8, 4) is 5.75 Å². The van der Waals surface area contributed by atoms with Gasteiger partial charge in [-0.15, -0.1) is 0 Å². The largest absolute Gasteiger partial charge is 0.435 e. The second-order valence-corrected chi connectivity index (χ2v) is 6.14. The molecule has 1 amide bonds. The van der Waals surface area contributed by atoms with Crippen LogP contribution >= 0.6 is 11.3 Å². The molecule has 24 heavy (non-hydrogen) atoms. The standard InChI is InChI=1S/C15H14F2N4O2S/c1-8-5-6-18-21(8)9(2)13(22)20-15-19-11-4-3-10(23-14(16)17)7-12(11)24-15/h3-7,9,14H,1-2H3,(H,19,20,22). The smallest absolute Gasteiger partial charge is 0.387 e. The monoisotopic (exact) mass is 352 g/mol. The fraction of sp³-hybridized carbons (Fsp3) is 0.267. The van der Waals surface area contributed by atoms with Gasteiger partial charge < -0.3 is 10.1 Å². The third-order valence-electron chi connectivity index (χ3n) is 3.43. The predicted molar refractivity (Wildman–Crippen MR) is 86.6 cm³/mol. The Morgan fingerprint density at radius 3 is 2.83 bits per heavy atom. The van der Waals surface area contributed by atoms with Crippen molar-refractivity contribution >= 4 is 32.6 Å². The Hall–Kier alpha value is -2.55. The Morgan fingerprint density at radius 2 is 2.17 bits per heavy atom. The van der Waals surface area contributed by atoms with E-state index in [2.05, 4.69) is 20.1 Å². The number of nitrogens with one attached hydrogen (secondary N) is 1. The van der Waals surface area contributed by atoms with Crippen LogP contribution in [0.2, 0.25) is 0 Å². The molecule has 0 radical (unpaired) electrons. The lowest BCUT2D eigenvalue weighted by molar-refractivity contribution is -0.119. The molecule has 0 saturated carbocycles. The zero-order valence-corrected chi connectivity index (χ0v) is 13.7. The first-order valence-electron chi connectivity index (χ1n) is 7.10. The molecule has 2 heterocycles. The van der Waals surface area contributed by atoms with E-state index < -0.39 is 12.7 Å². The molecule has 0 spiro atoms. The molecule has 0 aliphatic rings. The molecule has 126 valence electrons. The molecule has 6 nitrogen and oxygen atoms in total. The summed E-state index contributed by atoms with van der Waals surface area (Å²) in [7, 11) is 0. The fourth-order valence-corrected chi connectivity index (χ4v) is 3.14. The normalized spacial score (nSPS) is 12.5. The minimum absolute atomic E-state index is 0.0551. The minimum Gasteiger partial charge on any atom is -0.435 e. The van der Waals surface area contributed by atoms with Crippen LogP contribution in [0.4, 0.5) is 13.9 Å². The molecule has 0 fully saturated rings. The van der Waals surface area contributed by atoms with Gasteiger partial charge in [-0.05, 0) is 38.1 Å². The van der Waals surface area contributed by atoms with Crippen LogP contribution in [0.1, 0.15) is 18.7 Å². The maximum absolute atomic E-state index is 12.3. The zero-order valence-electron chi connectivity index (χ0n) is 12.9. The fourth-order valence-electron chi connectivity index (χ4n) is 2.24. The Kier molecular flexibility index (Phi) is 4.43. The van der Waals surface area contributed by atoms with Gasteiger partial charge in [-0.2, -0.15) is 13.9 Å².